The molecule has 1 atom stereocenters. The number of aromatic hydroxyl groups is 1. The van der Waals surface area contributed by atoms with Crippen LogP contribution in [0.4, 0.5) is 0 Å². The van der Waals surface area contributed by atoms with E-state index in [9.17, 15) is 5.11 Å². The molecule has 0 aliphatic carbocycles. The standard InChI is InChI=1S/C18H21BrN2O2/c1-21(2)17(13-4-7-16(23-3)8-5-13)12-20-11-14-10-15(19)6-9-18(14)22/h4-11,17,22H,12H2,1-3H3/t17-/m0/s1. The van der Waals surface area contributed by atoms with Gasteiger partial charge < -0.3 is 14.7 Å². The average Bonchev–Trinajstić information content (AvgIpc) is 2.54. The van der Waals surface area contributed by atoms with E-state index >= 15 is 0 Å². The Hall–Kier alpha value is -1.85. The number of benzene rings is 2. The van der Waals surface area contributed by atoms with E-state index in [-0.39, 0.29) is 11.8 Å². The molecule has 0 spiro atoms. The third-order valence-corrected chi connectivity index (χ3v) is 4.12. The lowest BCUT2D eigenvalue weighted by atomic mass is 10.1. The van der Waals surface area contributed by atoms with Crippen LogP contribution in [0.25, 0.3) is 0 Å². The van der Waals surface area contributed by atoms with Gasteiger partial charge in [0, 0.05) is 16.3 Å². The van der Waals surface area contributed by atoms with E-state index in [1.54, 1.807) is 25.5 Å². The van der Waals surface area contributed by atoms with Gasteiger partial charge in [-0.25, -0.2) is 0 Å². The zero-order valence-corrected chi connectivity index (χ0v) is 15.1. The lowest BCUT2D eigenvalue weighted by Gasteiger charge is -2.23. The maximum Gasteiger partial charge on any atom is 0.124 e. The molecule has 0 amide bonds. The first-order chi connectivity index (χ1) is 11.0. The molecule has 2 aromatic carbocycles. The van der Waals surface area contributed by atoms with Crippen molar-refractivity contribution < 1.29 is 9.84 Å². The molecule has 0 radical (unpaired) electrons. The molecule has 122 valence electrons. The first-order valence-corrected chi connectivity index (χ1v) is 8.09. The Balaban J connectivity index is 2.13. The highest BCUT2D eigenvalue weighted by Crippen LogP contribution is 2.23. The largest absolute Gasteiger partial charge is 0.507 e. The molecule has 4 nitrogen and oxygen atoms in total. The summed E-state index contributed by atoms with van der Waals surface area (Å²) in [5.41, 5.74) is 1.87. The molecule has 2 aromatic rings. The van der Waals surface area contributed by atoms with Crippen molar-refractivity contribution in [2.75, 3.05) is 27.7 Å². The summed E-state index contributed by atoms with van der Waals surface area (Å²) in [5.74, 6) is 1.07. The van der Waals surface area contributed by atoms with E-state index in [1.807, 2.05) is 32.3 Å². The van der Waals surface area contributed by atoms with Crippen molar-refractivity contribution in [1.29, 1.82) is 0 Å². The average molecular weight is 377 g/mol. The van der Waals surface area contributed by atoms with Gasteiger partial charge in [-0.2, -0.15) is 0 Å². The molecule has 0 aliphatic rings. The minimum absolute atomic E-state index is 0.159. The van der Waals surface area contributed by atoms with Gasteiger partial charge in [-0.3, -0.25) is 4.99 Å². The summed E-state index contributed by atoms with van der Waals surface area (Å²) in [5, 5.41) is 9.85. The fourth-order valence-corrected chi connectivity index (χ4v) is 2.65. The Morgan fingerprint density at radius 3 is 2.52 bits per heavy atom. The number of rotatable bonds is 6. The number of phenolic OH excluding ortho intramolecular Hbond substituents is 1. The quantitative estimate of drug-likeness (QED) is 0.777. The molecule has 0 saturated heterocycles. The molecule has 2 rings (SSSR count). The summed E-state index contributed by atoms with van der Waals surface area (Å²) in [6, 6.07) is 13.5. The van der Waals surface area contributed by atoms with Gasteiger partial charge >= 0.3 is 0 Å². The van der Waals surface area contributed by atoms with Crippen LogP contribution in [-0.2, 0) is 0 Å². The van der Waals surface area contributed by atoms with Gasteiger partial charge in [0.25, 0.3) is 0 Å². The van der Waals surface area contributed by atoms with Gasteiger partial charge in [-0.15, -0.1) is 0 Å². The smallest absolute Gasteiger partial charge is 0.124 e. The van der Waals surface area contributed by atoms with E-state index in [4.69, 9.17) is 4.74 Å². The van der Waals surface area contributed by atoms with Crippen molar-refractivity contribution in [2.24, 2.45) is 4.99 Å². The number of aliphatic imine (C=N–C) groups is 1. The van der Waals surface area contributed by atoms with E-state index in [0.717, 1.165) is 10.2 Å². The van der Waals surface area contributed by atoms with Gasteiger partial charge in [0.15, 0.2) is 0 Å². The monoisotopic (exact) mass is 376 g/mol. The van der Waals surface area contributed by atoms with Gasteiger partial charge in [0.2, 0.25) is 0 Å². The number of methoxy groups -OCH3 is 1. The second kappa shape index (κ2) is 8.13. The lowest BCUT2D eigenvalue weighted by molar-refractivity contribution is 0.306. The maximum absolute atomic E-state index is 9.85. The van der Waals surface area contributed by atoms with Crippen LogP contribution in [0.5, 0.6) is 11.5 Å². The minimum atomic E-state index is 0.159. The van der Waals surface area contributed by atoms with Crippen LogP contribution in [0.2, 0.25) is 0 Å². The van der Waals surface area contributed by atoms with E-state index in [1.165, 1.54) is 5.56 Å². The summed E-state index contributed by atoms with van der Waals surface area (Å²) in [4.78, 5) is 6.63. The molecule has 0 unspecified atom stereocenters. The van der Waals surface area contributed by atoms with Gasteiger partial charge in [-0.05, 0) is 50.0 Å². The molecule has 0 fully saturated rings. The summed E-state index contributed by atoms with van der Waals surface area (Å²) in [6.07, 6.45) is 1.71. The number of halogens is 1. The zero-order chi connectivity index (χ0) is 16.8. The van der Waals surface area contributed by atoms with E-state index < -0.39 is 0 Å². The highest BCUT2D eigenvalue weighted by molar-refractivity contribution is 9.10. The molecule has 0 saturated carbocycles. The summed E-state index contributed by atoms with van der Waals surface area (Å²) >= 11 is 3.40. The Bertz CT molecular complexity index is 669. The number of likely N-dealkylation sites (N-methyl/N-ethyl adjacent to an activating group) is 1. The molecule has 1 N–H and O–H groups in total. The maximum atomic E-state index is 9.85. The Labute approximate surface area is 145 Å². The van der Waals surface area contributed by atoms with Gasteiger partial charge in [-0.1, -0.05) is 28.1 Å². The Morgan fingerprint density at radius 2 is 1.91 bits per heavy atom. The first kappa shape index (κ1) is 17.5. The Morgan fingerprint density at radius 1 is 1.22 bits per heavy atom. The number of hydrogen-bond donors (Lipinski definition) is 1. The third-order valence-electron chi connectivity index (χ3n) is 3.62. The molecule has 0 bridgehead atoms. The van der Waals surface area contributed by atoms with Gasteiger partial charge in [0.1, 0.15) is 11.5 Å². The molecular weight excluding hydrogens is 356 g/mol. The van der Waals surface area contributed by atoms with Crippen LogP contribution in [-0.4, -0.2) is 44.0 Å². The number of nitrogens with zero attached hydrogens (tertiary/aromatic N) is 2. The zero-order valence-electron chi connectivity index (χ0n) is 13.5. The van der Waals surface area contributed by atoms with Crippen LogP contribution in [0.15, 0.2) is 51.9 Å². The first-order valence-electron chi connectivity index (χ1n) is 7.30. The van der Waals surface area contributed by atoms with Crippen molar-refractivity contribution in [2.45, 2.75) is 6.04 Å². The van der Waals surface area contributed by atoms with Crippen LogP contribution in [0, 0.1) is 0 Å². The molecule has 5 heteroatoms. The second-order valence-electron chi connectivity index (χ2n) is 5.45. The molecular formula is C18H21BrN2O2. The van der Waals surface area contributed by atoms with Crippen molar-refractivity contribution in [3.63, 3.8) is 0 Å². The van der Waals surface area contributed by atoms with Crippen LogP contribution >= 0.6 is 15.9 Å². The van der Waals surface area contributed by atoms with Crippen molar-refractivity contribution >= 4 is 22.1 Å². The van der Waals surface area contributed by atoms with E-state index in [2.05, 4.69) is 38.0 Å². The molecule has 0 aliphatic heterocycles. The summed E-state index contributed by atoms with van der Waals surface area (Å²) < 4.78 is 6.11. The van der Waals surface area contributed by atoms with Crippen molar-refractivity contribution in [3.8, 4) is 11.5 Å². The molecule has 23 heavy (non-hydrogen) atoms. The number of phenols is 1. The highest BCUT2D eigenvalue weighted by Gasteiger charge is 2.13. The van der Waals surface area contributed by atoms with Crippen LogP contribution in [0.3, 0.4) is 0 Å². The Kier molecular flexibility index (Phi) is 6.19. The summed E-state index contributed by atoms with van der Waals surface area (Å²) in [6.45, 7) is 0.602. The molecule has 0 aromatic heterocycles. The fourth-order valence-electron chi connectivity index (χ4n) is 2.27. The minimum Gasteiger partial charge on any atom is -0.507 e. The SMILES string of the molecule is COc1ccc([C@H](CN=Cc2cc(Br)ccc2O)N(C)C)cc1. The predicted octanol–water partition coefficient (Wildman–Crippen LogP) is 3.89. The predicted molar refractivity (Wildman–Crippen MR) is 97.7 cm³/mol. The highest BCUT2D eigenvalue weighted by atomic mass is 79.9. The second-order valence-corrected chi connectivity index (χ2v) is 6.37. The van der Waals surface area contributed by atoms with Crippen LogP contribution in [0.1, 0.15) is 17.2 Å². The number of ether oxygens (including phenoxy) is 1. The number of hydrogen-bond acceptors (Lipinski definition) is 4. The normalized spacial score (nSPS) is 12.7. The molecule has 0 heterocycles. The topological polar surface area (TPSA) is 45.1 Å². The van der Waals surface area contributed by atoms with E-state index in [0.29, 0.717) is 12.1 Å². The van der Waals surface area contributed by atoms with Crippen molar-refractivity contribution in [1.82, 2.24) is 4.90 Å². The summed E-state index contributed by atoms with van der Waals surface area (Å²) in [7, 11) is 5.72. The lowest BCUT2D eigenvalue weighted by Crippen LogP contribution is -2.22. The third kappa shape index (κ3) is 4.81. The van der Waals surface area contributed by atoms with Gasteiger partial charge in [0.05, 0.1) is 19.7 Å². The fraction of sp³-hybridized carbons (Fsp3) is 0.278. The van der Waals surface area contributed by atoms with Crippen LogP contribution < -0.4 is 4.74 Å². The van der Waals surface area contributed by atoms with Crippen molar-refractivity contribution in [3.05, 3.63) is 58.1 Å².